The predicted molar refractivity (Wildman–Crippen MR) is 70.7 cm³/mol. The maximum absolute atomic E-state index is 12.8. The fraction of sp³-hybridized carbons (Fsp3) is 0.636. The summed E-state index contributed by atoms with van der Waals surface area (Å²) in [5.41, 5.74) is 0. The molecule has 1 aromatic rings. The molecule has 0 aliphatic carbocycles. The molecule has 8 heteroatoms. The van der Waals surface area contributed by atoms with E-state index in [1.54, 1.807) is 17.8 Å². The smallest absolute Gasteiger partial charge is 0.370 e. The van der Waals surface area contributed by atoms with Crippen molar-refractivity contribution in [2.24, 2.45) is 0 Å². The topological polar surface area (TPSA) is 41.0 Å². The van der Waals surface area contributed by atoms with Gasteiger partial charge < -0.3 is 10.2 Å². The fourth-order valence-electron chi connectivity index (χ4n) is 1.79. The van der Waals surface area contributed by atoms with Gasteiger partial charge in [-0.25, -0.2) is 9.97 Å². The highest BCUT2D eigenvalue weighted by atomic mass is 32.2. The average Bonchev–Trinajstić information content (AvgIpc) is 2.39. The second kappa shape index (κ2) is 5.85. The Bertz CT molecular complexity index is 432. The number of alkyl halides is 3. The lowest BCUT2D eigenvalue weighted by Gasteiger charge is -2.28. The van der Waals surface area contributed by atoms with E-state index in [0.717, 1.165) is 11.5 Å². The molecular weight excluding hydrogens is 277 g/mol. The van der Waals surface area contributed by atoms with Crippen molar-refractivity contribution in [2.45, 2.75) is 13.1 Å². The van der Waals surface area contributed by atoms with E-state index >= 15 is 0 Å². The van der Waals surface area contributed by atoms with Crippen LogP contribution in [0.2, 0.25) is 0 Å². The van der Waals surface area contributed by atoms with Gasteiger partial charge in [0.1, 0.15) is 11.6 Å². The number of hydrogen-bond donors (Lipinski definition) is 1. The Hall–Kier alpha value is -1.18. The summed E-state index contributed by atoms with van der Waals surface area (Å²) in [6, 6.07) is 1.58. The number of nitrogens with one attached hydrogen (secondary N) is 1. The van der Waals surface area contributed by atoms with E-state index in [2.05, 4.69) is 15.3 Å². The number of hydrogen-bond acceptors (Lipinski definition) is 5. The van der Waals surface area contributed by atoms with Crippen LogP contribution in [0.15, 0.2) is 6.07 Å². The van der Waals surface area contributed by atoms with E-state index in [1.807, 2.05) is 11.8 Å². The molecule has 0 aromatic carbocycles. The van der Waals surface area contributed by atoms with Crippen molar-refractivity contribution in [1.29, 1.82) is 0 Å². The van der Waals surface area contributed by atoms with Gasteiger partial charge in [-0.3, -0.25) is 0 Å². The summed E-state index contributed by atoms with van der Waals surface area (Å²) in [5.74, 6) is 1.29. The summed E-state index contributed by atoms with van der Waals surface area (Å²) < 4.78 is 38.3. The number of aromatic nitrogens is 2. The normalized spacial score (nSPS) is 16.5. The molecule has 4 nitrogen and oxygen atoms in total. The van der Waals surface area contributed by atoms with E-state index in [-0.39, 0.29) is 5.82 Å². The predicted octanol–water partition coefficient (Wildman–Crippen LogP) is 2.48. The van der Waals surface area contributed by atoms with E-state index < -0.39 is 12.0 Å². The first-order valence-electron chi connectivity index (χ1n) is 6.03. The van der Waals surface area contributed by atoms with Gasteiger partial charge in [0.2, 0.25) is 5.82 Å². The van der Waals surface area contributed by atoms with Crippen molar-refractivity contribution in [1.82, 2.24) is 9.97 Å². The molecule has 0 amide bonds. The summed E-state index contributed by atoms with van der Waals surface area (Å²) in [6.07, 6.45) is -4.52. The molecule has 1 aliphatic rings. The van der Waals surface area contributed by atoms with Crippen LogP contribution >= 0.6 is 11.8 Å². The summed E-state index contributed by atoms with van der Waals surface area (Å²) in [4.78, 5) is 9.03. The van der Waals surface area contributed by atoms with Crippen LogP contribution in [0.4, 0.5) is 24.8 Å². The first-order valence-corrected chi connectivity index (χ1v) is 7.19. The van der Waals surface area contributed by atoms with Gasteiger partial charge in [0.05, 0.1) is 0 Å². The van der Waals surface area contributed by atoms with Crippen LogP contribution in [0.1, 0.15) is 12.7 Å². The number of rotatable bonds is 3. The second-order valence-corrected chi connectivity index (χ2v) is 5.29. The summed E-state index contributed by atoms with van der Waals surface area (Å²) >= 11 is 1.79. The Kier molecular flexibility index (Phi) is 4.38. The molecule has 1 fully saturated rings. The van der Waals surface area contributed by atoms with E-state index in [9.17, 15) is 13.2 Å². The minimum atomic E-state index is -4.52. The molecule has 0 bridgehead atoms. The first kappa shape index (κ1) is 14.2. The first-order chi connectivity index (χ1) is 9.00. The molecular formula is C11H15F3N4S. The van der Waals surface area contributed by atoms with Crippen molar-refractivity contribution in [3.8, 4) is 0 Å². The van der Waals surface area contributed by atoms with Crippen LogP contribution in [0.5, 0.6) is 0 Å². The van der Waals surface area contributed by atoms with E-state index in [1.165, 1.54) is 0 Å². The van der Waals surface area contributed by atoms with Gasteiger partial charge in [-0.05, 0) is 6.92 Å². The molecule has 106 valence electrons. The van der Waals surface area contributed by atoms with Crippen LogP contribution in [-0.2, 0) is 6.18 Å². The zero-order chi connectivity index (χ0) is 13.9. The standard InChI is InChI=1S/C11H15F3N4S/c1-2-15-8-7-9(18-3-5-19-6-4-18)17-10(16-8)11(12,13)14/h7H,2-6H2,1H3,(H,15,16,17). The van der Waals surface area contributed by atoms with Gasteiger partial charge in [-0.15, -0.1) is 0 Å². The summed E-state index contributed by atoms with van der Waals surface area (Å²) in [5, 5.41) is 2.82. The lowest BCUT2D eigenvalue weighted by Crippen LogP contribution is -2.33. The SMILES string of the molecule is CCNc1cc(N2CCSCC2)nc(C(F)(F)F)n1. The maximum atomic E-state index is 12.8. The number of thioether (sulfide) groups is 1. The van der Waals surface area contributed by atoms with Crippen molar-refractivity contribution in [3.63, 3.8) is 0 Å². The molecule has 0 saturated carbocycles. The van der Waals surface area contributed by atoms with Crippen LogP contribution in [0, 0.1) is 0 Å². The van der Waals surface area contributed by atoms with Crippen LogP contribution < -0.4 is 10.2 Å². The highest BCUT2D eigenvalue weighted by Gasteiger charge is 2.36. The van der Waals surface area contributed by atoms with Gasteiger partial charge in [-0.1, -0.05) is 0 Å². The Labute approximate surface area is 113 Å². The van der Waals surface area contributed by atoms with Crippen LogP contribution in [-0.4, -0.2) is 41.1 Å². The molecule has 1 saturated heterocycles. The van der Waals surface area contributed by atoms with Crippen LogP contribution in [0.3, 0.4) is 0 Å². The van der Waals surface area contributed by atoms with Gasteiger partial charge in [-0.2, -0.15) is 24.9 Å². The molecule has 0 spiro atoms. The van der Waals surface area contributed by atoms with Crippen molar-refractivity contribution < 1.29 is 13.2 Å². The molecule has 2 heterocycles. The molecule has 0 radical (unpaired) electrons. The van der Waals surface area contributed by atoms with E-state index in [4.69, 9.17) is 0 Å². The highest BCUT2D eigenvalue weighted by molar-refractivity contribution is 7.99. The van der Waals surface area contributed by atoms with Crippen molar-refractivity contribution in [2.75, 3.05) is 41.4 Å². The average molecular weight is 292 g/mol. The van der Waals surface area contributed by atoms with Gasteiger partial charge >= 0.3 is 6.18 Å². The highest BCUT2D eigenvalue weighted by Crippen LogP contribution is 2.29. The molecule has 1 N–H and O–H groups in total. The largest absolute Gasteiger partial charge is 0.451 e. The zero-order valence-corrected chi connectivity index (χ0v) is 11.3. The van der Waals surface area contributed by atoms with Crippen molar-refractivity contribution in [3.05, 3.63) is 11.9 Å². The second-order valence-electron chi connectivity index (χ2n) is 4.06. The maximum Gasteiger partial charge on any atom is 0.451 e. The zero-order valence-electron chi connectivity index (χ0n) is 10.5. The Morgan fingerprint density at radius 3 is 2.58 bits per heavy atom. The van der Waals surface area contributed by atoms with Gasteiger partial charge in [0.25, 0.3) is 0 Å². The number of halogens is 3. The van der Waals surface area contributed by atoms with Crippen molar-refractivity contribution >= 4 is 23.4 Å². The lowest BCUT2D eigenvalue weighted by atomic mass is 10.4. The molecule has 1 aliphatic heterocycles. The quantitative estimate of drug-likeness (QED) is 0.927. The molecule has 0 atom stereocenters. The molecule has 1 aromatic heterocycles. The molecule has 2 rings (SSSR count). The summed E-state index contributed by atoms with van der Waals surface area (Å²) in [6.45, 7) is 3.76. The Morgan fingerprint density at radius 2 is 2.00 bits per heavy atom. The number of nitrogens with zero attached hydrogens (tertiary/aromatic N) is 3. The Balaban J connectivity index is 2.33. The van der Waals surface area contributed by atoms with Crippen LogP contribution in [0.25, 0.3) is 0 Å². The third-order valence-corrected chi connectivity index (χ3v) is 3.60. The monoisotopic (exact) mass is 292 g/mol. The minimum Gasteiger partial charge on any atom is -0.370 e. The minimum absolute atomic E-state index is 0.220. The lowest BCUT2D eigenvalue weighted by molar-refractivity contribution is -0.144. The molecule has 19 heavy (non-hydrogen) atoms. The van der Waals surface area contributed by atoms with E-state index in [0.29, 0.717) is 25.5 Å². The fourth-order valence-corrected chi connectivity index (χ4v) is 2.69. The summed E-state index contributed by atoms with van der Waals surface area (Å²) in [7, 11) is 0. The third kappa shape index (κ3) is 3.65. The van der Waals surface area contributed by atoms with Gasteiger partial charge in [0, 0.05) is 37.2 Å². The van der Waals surface area contributed by atoms with Gasteiger partial charge in [0.15, 0.2) is 0 Å². The third-order valence-electron chi connectivity index (χ3n) is 2.66. The molecule has 0 unspecified atom stereocenters. The Morgan fingerprint density at radius 1 is 1.32 bits per heavy atom. The number of anilines is 2.